The molecule has 110 valence electrons. The first-order valence-corrected chi connectivity index (χ1v) is 7.78. The summed E-state index contributed by atoms with van der Waals surface area (Å²) in [5.74, 6) is 1.80. The predicted molar refractivity (Wildman–Crippen MR) is 82.4 cm³/mol. The van der Waals surface area contributed by atoms with Gasteiger partial charge in [0.25, 0.3) is 0 Å². The van der Waals surface area contributed by atoms with Gasteiger partial charge in [-0.1, -0.05) is 12.8 Å². The second-order valence-electron chi connectivity index (χ2n) is 5.91. The zero-order chi connectivity index (χ0) is 13.9. The van der Waals surface area contributed by atoms with Crippen LogP contribution in [0.25, 0.3) is 0 Å². The van der Waals surface area contributed by atoms with Crippen LogP contribution in [0.5, 0.6) is 0 Å². The van der Waals surface area contributed by atoms with Gasteiger partial charge in [0, 0.05) is 51.0 Å². The van der Waals surface area contributed by atoms with Gasteiger partial charge < -0.3 is 10.2 Å². The van der Waals surface area contributed by atoms with E-state index in [0.29, 0.717) is 5.95 Å². The molecule has 1 saturated carbocycles. The summed E-state index contributed by atoms with van der Waals surface area (Å²) >= 11 is 0. The summed E-state index contributed by atoms with van der Waals surface area (Å²) in [5.41, 5.74) is 1.17. The molecule has 2 heterocycles. The van der Waals surface area contributed by atoms with Crippen LogP contribution in [-0.2, 0) is 0 Å². The van der Waals surface area contributed by atoms with Gasteiger partial charge in [-0.25, -0.2) is 4.98 Å². The van der Waals surface area contributed by atoms with Crippen molar-refractivity contribution in [2.24, 2.45) is 0 Å². The van der Waals surface area contributed by atoms with E-state index in [0.717, 1.165) is 24.9 Å². The maximum Gasteiger partial charge on any atom is 0.224 e. The SMILES string of the molecule is CNc1ncc(C)c(N2CCN(C3CCCC3)CC2)n1. The van der Waals surface area contributed by atoms with Crippen molar-refractivity contribution in [2.45, 2.75) is 38.6 Å². The van der Waals surface area contributed by atoms with E-state index in [-0.39, 0.29) is 0 Å². The molecule has 0 bridgehead atoms. The average Bonchev–Trinajstić information content (AvgIpc) is 3.02. The molecule has 0 spiro atoms. The molecule has 1 aliphatic heterocycles. The molecule has 5 heteroatoms. The van der Waals surface area contributed by atoms with Crippen LogP contribution in [0.15, 0.2) is 6.20 Å². The Labute approximate surface area is 121 Å². The third-order valence-electron chi connectivity index (χ3n) is 4.62. The molecule has 1 aromatic rings. The maximum absolute atomic E-state index is 4.62. The largest absolute Gasteiger partial charge is 0.357 e. The van der Waals surface area contributed by atoms with Crippen LogP contribution < -0.4 is 10.2 Å². The smallest absolute Gasteiger partial charge is 0.224 e. The number of nitrogens with one attached hydrogen (secondary N) is 1. The summed E-state index contributed by atoms with van der Waals surface area (Å²) in [5, 5.41) is 3.03. The maximum atomic E-state index is 4.62. The van der Waals surface area contributed by atoms with Crippen molar-refractivity contribution in [3.63, 3.8) is 0 Å². The molecular formula is C15H25N5. The van der Waals surface area contributed by atoms with Crippen LogP contribution >= 0.6 is 0 Å². The number of anilines is 2. The number of nitrogens with zero attached hydrogens (tertiary/aromatic N) is 4. The van der Waals surface area contributed by atoms with Crippen molar-refractivity contribution in [3.05, 3.63) is 11.8 Å². The Morgan fingerprint density at radius 2 is 1.85 bits per heavy atom. The van der Waals surface area contributed by atoms with Crippen LogP contribution in [0.3, 0.4) is 0 Å². The van der Waals surface area contributed by atoms with Crippen molar-refractivity contribution in [1.82, 2.24) is 14.9 Å². The van der Waals surface area contributed by atoms with Gasteiger partial charge in [-0.15, -0.1) is 0 Å². The molecule has 1 N–H and O–H groups in total. The summed E-state index contributed by atoms with van der Waals surface area (Å²) in [6, 6.07) is 0.844. The molecule has 20 heavy (non-hydrogen) atoms. The summed E-state index contributed by atoms with van der Waals surface area (Å²) in [4.78, 5) is 14.0. The number of aromatic nitrogens is 2. The lowest BCUT2D eigenvalue weighted by molar-refractivity contribution is 0.187. The zero-order valence-electron chi connectivity index (χ0n) is 12.6. The molecule has 2 aliphatic rings. The first-order valence-electron chi connectivity index (χ1n) is 7.78. The monoisotopic (exact) mass is 275 g/mol. The number of rotatable bonds is 3. The van der Waals surface area contributed by atoms with Gasteiger partial charge >= 0.3 is 0 Å². The molecule has 5 nitrogen and oxygen atoms in total. The predicted octanol–water partition coefficient (Wildman–Crippen LogP) is 1.89. The molecule has 0 unspecified atom stereocenters. The number of hydrogen-bond acceptors (Lipinski definition) is 5. The summed E-state index contributed by atoms with van der Waals surface area (Å²) in [6.07, 6.45) is 7.55. The highest BCUT2D eigenvalue weighted by Crippen LogP contribution is 2.26. The summed E-state index contributed by atoms with van der Waals surface area (Å²) < 4.78 is 0. The quantitative estimate of drug-likeness (QED) is 0.912. The Kier molecular flexibility index (Phi) is 4.05. The van der Waals surface area contributed by atoms with Crippen molar-refractivity contribution >= 4 is 11.8 Å². The second-order valence-corrected chi connectivity index (χ2v) is 5.91. The minimum atomic E-state index is 0.712. The third kappa shape index (κ3) is 2.73. The molecule has 3 rings (SSSR count). The van der Waals surface area contributed by atoms with Gasteiger partial charge in [-0.05, 0) is 19.8 Å². The number of aryl methyl sites for hydroxylation is 1. The molecular weight excluding hydrogens is 250 g/mol. The first-order chi connectivity index (χ1) is 9.78. The van der Waals surface area contributed by atoms with Crippen molar-refractivity contribution in [3.8, 4) is 0 Å². The van der Waals surface area contributed by atoms with Gasteiger partial charge in [0.1, 0.15) is 5.82 Å². The Hall–Kier alpha value is -1.36. The fraction of sp³-hybridized carbons (Fsp3) is 0.733. The summed E-state index contributed by atoms with van der Waals surface area (Å²) in [7, 11) is 1.87. The van der Waals surface area contributed by atoms with Crippen LogP contribution in [0.2, 0.25) is 0 Å². The molecule has 0 radical (unpaired) electrons. The van der Waals surface area contributed by atoms with Gasteiger partial charge in [-0.3, -0.25) is 4.90 Å². The van der Waals surface area contributed by atoms with Crippen molar-refractivity contribution < 1.29 is 0 Å². The molecule has 0 aromatic carbocycles. The highest BCUT2D eigenvalue weighted by molar-refractivity contribution is 5.49. The molecule has 0 atom stereocenters. The lowest BCUT2D eigenvalue weighted by Gasteiger charge is -2.39. The molecule has 1 aliphatic carbocycles. The third-order valence-corrected chi connectivity index (χ3v) is 4.62. The first kappa shape index (κ1) is 13.6. The topological polar surface area (TPSA) is 44.3 Å². The fourth-order valence-electron chi connectivity index (χ4n) is 3.44. The van der Waals surface area contributed by atoms with Gasteiger partial charge in [0.15, 0.2) is 0 Å². The average molecular weight is 275 g/mol. The highest BCUT2D eigenvalue weighted by Gasteiger charge is 2.27. The Bertz CT molecular complexity index is 448. The zero-order valence-corrected chi connectivity index (χ0v) is 12.6. The standard InChI is InChI=1S/C15H25N5/c1-12-11-17-15(16-2)18-14(12)20-9-7-19(8-10-20)13-5-3-4-6-13/h11,13H,3-10H2,1-2H3,(H,16,17,18). The Morgan fingerprint density at radius 1 is 1.15 bits per heavy atom. The molecule has 1 aromatic heterocycles. The van der Waals surface area contributed by atoms with Crippen LogP contribution in [0.4, 0.5) is 11.8 Å². The van der Waals surface area contributed by atoms with E-state index in [1.165, 1.54) is 44.3 Å². The fourth-order valence-corrected chi connectivity index (χ4v) is 3.44. The van der Waals surface area contributed by atoms with E-state index in [1.807, 2.05) is 13.2 Å². The normalized spacial score (nSPS) is 21.4. The Balaban J connectivity index is 1.65. The van der Waals surface area contributed by atoms with Gasteiger partial charge in [0.2, 0.25) is 5.95 Å². The van der Waals surface area contributed by atoms with Crippen LogP contribution in [0.1, 0.15) is 31.2 Å². The van der Waals surface area contributed by atoms with Gasteiger partial charge in [0.05, 0.1) is 0 Å². The van der Waals surface area contributed by atoms with E-state index in [4.69, 9.17) is 0 Å². The van der Waals surface area contributed by atoms with E-state index in [9.17, 15) is 0 Å². The molecule has 1 saturated heterocycles. The van der Waals surface area contributed by atoms with E-state index < -0.39 is 0 Å². The van der Waals surface area contributed by atoms with Crippen molar-refractivity contribution in [1.29, 1.82) is 0 Å². The summed E-state index contributed by atoms with van der Waals surface area (Å²) in [6.45, 7) is 6.60. The van der Waals surface area contributed by atoms with Crippen LogP contribution in [-0.4, -0.2) is 54.1 Å². The van der Waals surface area contributed by atoms with E-state index >= 15 is 0 Å². The number of hydrogen-bond donors (Lipinski definition) is 1. The Morgan fingerprint density at radius 3 is 2.50 bits per heavy atom. The molecule has 2 fully saturated rings. The minimum absolute atomic E-state index is 0.712. The van der Waals surface area contributed by atoms with Crippen molar-refractivity contribution in [2.75, 3.05) is 43.4 Å². The molecule has 0 amide bonds. The van der Waals surface area contributed by atoms with E-state index in [2.05, 4.69) is 32.0 Å². The number of piperazine rings is 1. The second kappa shape index (κ2) is 5.95. The lowest BCUT2D eigenvalue weighted by atomic mass is 10.1. The lowest BCUT2D eigenvalue weighted by Crippen LogP contribution is -2.50. The van der Waals surface area contributed by atoms with E-state index in [1.54, 1.807) is 0 Å². The highest BCUT2D eigenvalue weighted by atomic mass is 15.3. The van der Waals surface area contributed by atoms with Gasteiger partial charge in [-0.2, -0.15) is 4.98 Å². The van der Waals surface area contributed by atoms with Crippen LogP contribution in [0, 0.1) is 6.92 Å². The minimum Gasteiger partial charge on any atom is -0.357 e.